The molecule has 1 aliphatic heterocycles. The molecule has 0 amide bonds. The van der Waals surface area contributed by atoms with Crippen LogP contribution in [0.2, 0.25) is 0 Å². The lowest BCUT2D eigenvalue weighted by Crippen LogP contribution is -2.54. The van der Waals surface area contributed by atoms with E-state index in [1.807, 2.05) is 24.3 Å². The summed E-state index contributed by atoms with van der Waals surface area (Å²) in [5, 5.41) is 0. The number of rotatable bonds is 5. The van der Waals surface area contributed by atoms with Crippen LogP contribution >= 0.6 is 0 Å². The SMILES string of the molecule is COc1ccccc1OC1CN(C(C)c2ccccc2)C1. The first-order chi connectivity index (χ1) is 10.3. The number of likely N-dealkylation sites (tertiary alicyclic amines) is 1. The lowest BCUT2D eigenvalue weighted by molar-refractivity contribution is -0.00638. The summed E-state index contributed by atoms with van der Waals surface area (Å²) < 4.78 is 11.3. The summed E-state index contributed by atoms with van der Waals surface area (Å²) in [6.07, 6.45) is 0.243. The first kappa shape index (κ1) is 14.0. The van der Waals surface area contributed by atoms with Crippen molar-refractivity contribution in [2.75, 3.05) is 20.2 Å². The molecule has 3 rings (SSSR count). The van der Waals surface area contributed by atoms with Gasteiger partial charge in [-0.25, -0.2) is 0 Å². The predicted molar refractivity (Wildman–Crippen MR) is 83.8 cm³/mol. The molecule has 110 valence electrons. The molecular weight excluding hydrogens is 262 g/mol. The highest BCUT2D eigenvalue weighted by atomic mass is 16.5. The number of methoxy groups -OCH3 is 1. The Morgan fingerprint density at radius 1 is 0.952 bits per heavy atom. The lowest BCUT2D eigenvalue weighted by atomic mass is 10.0. The van der Waals surface area contributed by atoms with Crippen molar-refractivity contribution in [1.82, 2.24) is 4.90 Å². The molecule has 3 nitrogen and oxygen atoms in total. The molecule has 3 heteroatoms. The van der Waals surface area contributed by atoms with Gasteiger partial charge in [-0.05, 0) is 24.6 Å². The van der Waals surface area contributed by atoms with Crippen LogP contribution in [0, 0.1) is 0 Å². The molecule has 1 heterocycles. The van der Waals surface area contributed by atoms with Crippen molar-refractivity contribution in [3.63, 3.8) is 0 Å². The third-order valence-electron chi connectivity index (χ3n) is 4.07. The summed E-state index contributed by atoms with van der Waals surface area (Å²) in [5.74, 6) is 1.63. The second-order valence-corrected chi connectivity index (χ2v) is 5.43. The first-order valence-electron chi connectivity index (χ1n) is 7.36. The average Bonchev–Trinajstić information content (AvgIpc) is 2.51. The molecule has 0 aromatic heterocycles. The van der Waals surface area contributed by atoms with Gasteiger partial charge in [0.2, 0.25) is 0 Å². The van der Waals surface area contributed by atoms with Crippen molar-refractivity contribution in [3.05, 3.63) is 60.2 Å². The van der Waals surface area contributed by atoms with Crippen LogP contribution in [-0.2, 0) is 0 Å². The Bertz CT molecular complexity index is 579. The molecule has 1 atom stereocenters. The maximum atomic E-state index is 6.02. The van der Waals surface area contributed by atoms with Gasteiger partial charge in [0, 0.05) is 19.1 Å². The second kappa shape index (κ2) is 6.19. The van der Waals surface area contributed by atoms with Crippen molar-refractivity contribution in [2.45, 2.75) is 19.1 Å². The van der Waals surface area contributed by atoms with Crippen LogP contribution in [0.4, 0.5) is 0 Å². The molecule has 0 aliphatic carbocycles. The van der Waals surface area contributed by atoms with Gasteiger partial charge in [0.1, 0.15) is 6.10 Å². The van der Waals surface area contributed by atoms with Gasteiger partial charge >= 0.3 is 0 Å². The number of hydrogen-bond acceptors (Lipinski definition) is 3. The predicted octanol–water partition coefficient (Wildman–Crippen LogP) is 3.52. The van der Waals surface area contributed by atoms with E-state index in [9.17, 15) is 0 Å². The fraction of sp³-hybridized carbons (Fsp3) is 0.333. The standard InChI is InChI=1S/C18H21NO2/c1-14(15-8-4-3-5-9-15)19-12-16(13-19)21-18-11-7-6-10-17(18)20-2/h3-11,14,16H,12-13H2,1-2H3. The fourth-order valence-corrected chi connectivity index (χ4v) is 2.70. The van der Waals surface area contributed by atoms with E-state index in [0.29, 0.717) is 6.04 Å². The highest BCUT2D eigenvalue weighted by Gasteiger charge is 2.32. The molecular formula is C18H21NO2. The molecule has 0 radical (unpaired) electrons. The van der Waals surface area contributed by atoms with E-state index in [0.717, 1.165) is 24.6 Å². The minimum atomic E-state index is 0.243. The van der Waals surface area contributed by atoms with Gasteiger partial charge in [-0.1, -0.05) is 42.5 Å². The summed E-state index contributed by atoms with van der Waals surface area (Å²) in [6.45, 7) is 4.15. The summed E-state index contributed by atoms with van der Waals surface area (Å²) in [7, 11) is 1.67. The van der Waals surface area contributed by atoms with Crippen molar-refractivity contribution in [3.8, 4) is 11.5 Å². The van der Waals surface area contributed by atoms with Crippen LogP contribution < -0.4 is 9.47 Å². The van der Waals surface area contributed by atoms with Crippen LogP contribution in [0.1, 0.15) is 18.5 Å². The number of ether oxygens (including phenoxy) is 2. The zero-order chi connectivity index (χ0) is 14.7. The molecule has 21 heavy (non-hydrogen) atoms. The summed E-state index contributed by atoms with van der Waals surface area (Å²) in [4.78, 5) is 2.43. The minimum Gasteiger partial charge on any atom is -0.493 e. The summed E-state index contributed by atoms with van der Waals surface area (Å²) in [6, 6.07) is 18.8. The molecule has 1 fully saturated rings. The monoisotopic (exact) mass is 283 g/mol. The third kappa shape index (κ3) is 3.03. The van der Waals surface area contributed by atoms with E-state index in [-0.39, 0.29) is 6.10 Å². The highest BCUT2D eigenvalue weighted by molar-refractivity contribution is 5.39. The summed E-state index contributed by atoms with van der Waals surface area (Å²) in [5.41, 5.74) is 1.35. The molecule has 1 saturated heterocycles. The van der Waals surface area contributed by atoms with Crippen LogP contribution in [0.5, 0.6) is 11.5 Å². The zero-order valence-corrected chi connectivity index (χ0v) is 12.5. The highest BCUT2D eigenvalue weighted by Crippen LogP contribution is 2.31. The molecule has 1 unspecified atom stereocenters. The number of nitrogens with zero attached hydrogens (tertiary/aromatic N) is 1. The summed E-state index contributed by atoms with van der Waals surface area (Å²) >= 11 is 0. The number of hydrogen-bond donors (Lipinski definition) is 0. The van der Waals surface area contributed by atoms with Gasteiger partial charge in [0.25, 0.3) is 0 Å². The fourth-order valence-electron chi connectivity index (χ4n) is 2.70. The van der Waals surface area contributed by atoms with Crippen molar-refractivity contribution in [1.29, 1.82) is 0 Å². The first-order valence-corrected chi connectivity index (χ1v) is 7.36. The van der Waals surface area contributed by atoms with Crippen LogP contribution in [-0.4, -0.2) is 31.2 Å². The third-order valence-corrected chi connectivity index (χ3v) is 4.07. The molecule has 0 N–H and O–H groups in total. The Balaban J connectivity index is 1.56. The zero-order valence-electron chi connectivity index (χ0n) is 12.5. The maximum absolute atomic E-state index is 6.02. The van der Waals surface area contributed by atoms with E-state index in [2.05, 4.69) is 42.2 Å². The van der Waals surface area contributed by atoms with Gasteiger partial charge in [-0.2, -0.15) is 0 Å². The van der Waals surface area contributed by atoms with Gasteiger partial charge in [-0.15, -0.1) is 0 Å². The minimum absolute atomic E-state index is 0.243. The van der Waals surface area contributed by atoms with E-state index in [1.54, 1.807) is 7.11 Å². The Labute approximate surface area is 126 Å². The van der Waals surface area contributed by atoms with Crippen LogP contribution in [0.3, 0.4) is 0 Å². The lowest BCUT2D eigenvalue weighted by Gasteiger charge is -2.43. The largest absolute Gasteiger partial charge is 0.493 e. The smallest absolute Gasteiger partial charge is 0.161 e. The second-order valence-electron chi connectivity index (χ2n) is 5.43. The molecule has 2 aromatic rings. The van der Waals surface area contributed by atoms with Crippen LogP contribution in [0.25, 0.3) is 0 Å². The maximum Gasteiger partial charge on any atom is 0.161 e. The molecule has 0 saturated carbocycles. The molecule has 0 bridgehead atoms. The average molecular weight is 283 g/mol. The number of para-hydroxylation sites is 2. The molecule has 2 aromatic carbocycles. The molecule has 1 aliphatic rings. The van der Waals surface area contributed by atoms with Gasteiger partial charge in [0.05, 0.1) is 7.11 Å². The van der Waals surface area contributed by atoms with E-state index < -0.39 is 0 Å². The normalized spacial score (nSPS) is 17.0. The van der Waals surface area contributed by atoms with Crippen LogP contribution in [0.15, 0.2) is 54.6 Å². The van der Waals surface area contributed by atoms with E-state index >= 15 is 0 Å². The quantitative estimate of drug-likeness (QED) is 0.838. The van der Waals surface area contributed by atoms with Gasteiger partial charge < -0.3 is 9.47 Å². The van der Waals surface area contributed by atoms with E-state index in [1.165, 1.54) is 5.56 Å². The Hall–Kier alpha value is -2.00. The van der Waals surface area contributed by atoms with E-state index in [4.69, 9.17) is 9.47 Å². The Morgan fingerprint density at radius 2 is 1.57 bits per heavy atom. The van der Waals surface area contributed by atoms with Gasteiger partial charge in [0.15, 0.2) is 11.5 Å². The van der Waals surface area contributed by atoms with Crippen molar-refractivity contribution < 1.29 is 9.47 Å². The van der Waals surface area contributed by atoms with Gasteiger partial charge in [-0.3, -0.25) is 4.90 Å². The Morgan fingerprint density at radius 3 is 2.24 bits per heavy atom. The topological polar surface area (TPSA) is 21.7 Å². The van der Waals surface area contributed by atoms with Crippen molar-refractivity contribution >= 4 is 0 Å². The Kier molecular flexibility index (Phi) is 4.11. The number of benzene rings is 2. The van der Waals surface area contributed by atoms with Crippen molar-refractivity contribution in [2.24, 2.45) is 0 Å². The molecule has 0 spiro atoms.